The lowest BCUT2D eigenvalue weighted by Crippen LogP contribution is -2.29. The normalized spacial score (nSPS) is 12.1. The minimum Gasteiger partial charge on any atom is -0.352 e. The zero-order valence-electron chi connectivity index (χ0n) is 11.6. The average Bonchev–Trinajstić information content (AvgIpc) is 2.84. The summed E-state index contributed by atoms with van der Waals surface area (Å²) in [5.74, 6) is -0.0317. The Morgan fingerprint density at radius 1 is 1.35 bits per heavy atom. The summed E-state index contributed by atoms with van der Waals surface area (Å²) < 4.78 is 1.86. The van der Waals surface area contributed by atoms with Gasteiger partial charge in [-0.2, -0.15) is 5.10 Å². The van der Waals surface area contributed by atoms with Gasteiger partial charge in [-0.05, 0) is 12.5 Å². The lowest BCUT2D eigenvalue weighted by Gasteiger charge is -2.05. The molecule has 0 aliphatic carbocycles. The van der Waals surface area contributed by atoms with E-state index in [1.54, 1.807) is 6.20 Å². The van der Waals surface area contributed by atoms with Gasteiger partial charge in [0.15, 0.2) is 0 Å². The lowest BCUT2D eigenvalue weighted by atomic mass is 10.2. The molecule has 0 saturated heterocycles. The third-order valence-electron chi connectivity index (χ3n) is 2.87. The van der Waals surface area contributed by atoms with Crippen LogP contribution in [-0.4, -0.2) is 21.7 Å². The molecule has 2 rings (SSSR count). The summed E-state index contributed by atoms with van der Waals surface area (Å²) in [4.78, 5) is 11.5. The molecule has 1 aromatic heterocycles. The Kier molecular flexibility index (Phi) is 4.90. The van der Waals surface area contributed by atoms with Gasteiger partial charge in [0.05, 0.1) is 12.7 Å². The second kappa shape index (κ2) is 6.86. The summed E-state index contributed by atoms with van der Waals surface area (Å²) in [6, 6.07) is 10.0. The third-order valence-corrected chi connectivity index (χ3v) is 2.87. The highest BCUT2D eigenvalue weighted by Crippen LogP contribution is 2.04. The van der Waals surface area contributed by atoms with Crippen molar-refractivity contribution >= 4 is 5.91 Å². The number of hydrogen-bond acceptors (Lipinski definition) is 3. The Bertz CT molecular complexity index is 548. The van der Waals surface area contributed by atoms with Gasteiger partial charge < -0.3 is 11.1 Å². The molecule has 1 unspecified atom stereocenters. The number of hydrogen-bond donors (Lipinski definition) is 2. The molecule has 0 spiro atoms. The van der Waals surface area contributed by atoms with Crippen LogP contribution >= 0.6 is 0 Å². The van der Waals surface area contributed by atoms with E-state index in [1.807, 2.05) is 36.0 Å². The molecule has 0 fully saturated rings. The van der Waals surface area contributed by atoms with Gasteiger partial charge in [-0.3, -0.25) is 9.48 Å². The van der Waals surface area contributed by atoms with Crippen LogP contribution in [0, 0.1) is 0 Å². The first-order valence-corrected chi connectivity index (χ1v) is 6.71. The molecule has 5 heteroatoms. The number of amides is 1. The van der Waals surface area contributed by atoms with E-state index in [0.29, 0.717) is 13.0 Å². The lowest BCUT2D eigenvalue weighted by molar-refractivity contribution is -0.121. The number of benzene rings is 1. The number of aromatic nitrogens is 2. The van der Waals surface area contributed by atoms with Gasteiger partial charge in [-0.15, -0.1) is 0 Å². The Morgan fingerprint density at radius 3 is 2.80 bits per heavy atom. The molecular weight excluding hydrogens is 252 g/mol. The fraction of sp³-hybridized carbons (Fsp3) is 0.333. The van der Waals surface area contributed by atoms with Crippen LogP contribution in [0.25, 0.3) is 0 Å². The van der Waals surface area contributed by atoms with E-state index in [1.165, 1.54) is 5.56 Å². The van der Waals surface area contributed by atoms with Crippen LogP contribution in [0.1, 0.15) is 24.5 Å². The molecule has 5 nitrogen and oxygen atoms in total. The van der Waals surface area contributed by atoms with Crippen molar-refractivity contribution in [3.8, 4) is 0 Å². The Hall–Kier alpha value is -2.14. The first-order chi connectivity index (χ1) is 9.63. The molecular formula is C15H20N4O. The zero-order valence-corrected chi connectivity index (χ0v) is 11.6. The predicted octanol–water partition coefficient (Wildman–Crippen LogP) is 1.28. The molecule has 106 valence electrons. The SMILES string of the molecule is CC(N)CC(=O)NCc1cnn(Cc2ccccc2)c1. The van der Waals surface area contributed by atoms with Crippen LogP contribution in [0.2, 0.25) is 0 Å². The fourth-order valence-corrected chi connectivity index (χ4v) is 1.92. The molecule has 1 amide bonds. The van der Waals surface area contributed by atoms with Crippen molar-refractivity contribution in [3.63, 3.8) is 0 Å². The van der Waals surface area contributed by atoms with Crippen molar-refractivity contribution in [2.45, 2.75) is 32.5 Å². The van der Waals surface area contributed by atoms with Gasteiger partial charge in [-0.1, -0.05) is 30.3 Å². The van der Waals surface area contributed by atoms with Gasteiger partial charge in [0.2, 0.25) is 5.91 Å². The van der Waals surface area contributed by atoms with E-state index in [9.17, 15) is 4.79 Å². The number of nitrogens with one attached hydrogen (secondary N) is 1. The number of nitrogens with zero attached hydrogens (tertiary/aromatic N) is 2. The highest BCUT2D eigenvalue weighted by atomic mass is 16.1. The van der Waals surface area contributed by atoms with Crippen molar-refractivity contribution in [2.75, 3.05) is 0 Å². The summed E-state index contributed by atoms with van der Waals surface area (Å²) in [5, 5.41) is 7.13. The zero-order chi connectivity index (χ0) is 14.4. The molecule has 0 saturated carbocycles. The van der Waals surface area contributed by atoms with Crippen LogP contribution in [0.15, 0.2) is 42.7 Å². The first-order valence-electron chi connectivity index (χ1n) is 6.71. The van der Waals surface area contributed by atoms with Crippen molar-refractivity contribution in [3.05, 3.63) is 53.9 Å². The quantitative estimate of drug-likeness (QED) is 0.832. The second-order valence-corrected chi connectivity index (χ2v) is 4.99. The maximum Gasteiger partial charge on any atom is 0.221 e. The van der Waals surface area contributed by atoms with Crippen LogP contribution in [0.4, 0.5) is 0 Å². The van der Waals surface area contributed by atoms with E-state index >= 15 is 0 Å². The molecule has 1 aromatic carbocycles. The monoisotopic (exact) mass is 272 g/mol. The maximum absolute atomic E-state index is 11.5. The minimum atomic E-state index is -0.115. The summed E-state index contributed by atoms with van der Waals surface area (Å²) in [5.41, 5.74) is 7.76. The summed E-state index contributed by atoms with van der Waals surface area (Å²) in [6.45, 7) is 3.03. The summed E-state index contributed by atoms with van der Waals surface area (Å²) in [7, 11) is 0. The first kappa shape index (κ1) is 14.3. The minimum absolute atomic E-state index is 0.0317. The van der Waals surface area contributed by atoms with E-state index in [2.05, 4.69) is 22.5 Å². The number of carbonyl (C=O) groups excluding carboxylic acids is 1. The fourth-order valence-electron chi connectivity index (χ4n) is 1.92. The Balaban J connectivity index is 1.85. The van der Waals surface area contributed by atoms with Gasteiger partial charge in [0, 0.05) is 30.8 Å². The average molecular weight is 272 g/mol. The Labute approximate surface area is 118 Å². The highest BCUT2D eigenvalue weighted by Gasteiger charge is 2.05. The molecule has 1 heterocycles. The summed E-state index contributed by atoms with van der Waals surface area (Å²) >= 11 is 0. The van der Waals surface area contributed by atoms with Crippen molar-refractivity contribution < 1.29 is 4.79 Å². The molecule has 20 heavy (non-hydrogen) atoms. The van der Waals surface area contributed by atoms with Gasteiger partial charge >= 0.3 is 0 Å². The molecule has 0 radical (unpaired) electrons. The largest absolute Gasteiger partial charge is 0.352 e. The molecule has 0 bridgehead atoms. The topological polar surface area (TPSA) is 72.9 Å². The van der Waals surface area contributed by atoms with Crippen molar-refractivity contribution in [2.24, 2.45) is 5.73 Å². The summed E-state index contributed by atoms with van der Waals surface area (Å²) in [6.07, 6.45) is 4.06. The number of rotatable bonds is 6. The number of nitrogens with two attached hydrogens (primary N) is 1. The van der Waals surface area contributed by atoms with Gasteiger partial charge in [-0.25, -0.2) is 0 Å². The third kappa shape index (κ3) is 4.51. The maximum atomic E-state index is 11.5. The molecule has 3 N–H and O–H groups in total. The van der Waals surface area contributed by atoms with Gasteiger partial charge in [0.1, 0.15) is 0 Å². The van der Waals surface area contributed by atoms with E-state index in [-0.39, 0.29) is 11.9 Å². The van der Waals surface area contributed by atoms with E-state index < -0.39 is 0 Å². The van der Waals surface area contributed by atoms with Crippen molar-refractivity contribution in [1.29, 1.82) is 0 Å². The molecule has 0 aliphatic rings. The molecule has 2 aromatic rings. The smallest absolute Gasteiger partial charge is 0.221 e. The van der Waals surface area contributed by atoms with Crippen LogP contribution in [-0.2, 0) is 17.9 Å². The predicted molar refractivity (Wildman–Crippen MR) is 77.9 cm³/mol. The van der Waals surface area contributed by atoms with Crippen LogP contribution < -0.4 is 11.1 Å². The standard InChI is InChI=1S/C15H20N4O/c1-12(16)7-15(20)17-8-14-9-18-19(11-14)10-13-5-3-2-4-6-13/h2-6,9,11-12H,7-8,10,16H2,1H3,(H,17,20). The second-order valence-electron chi connectivity index (χ2n) is 4.99. The van der Waals surface area contributed by atoms with Crippen LogP contribution in [0.3, 0.4) is 0 Å². The van der Waals surface area contributed by atoms with Gasteiger partial charge in [0.25, 0.3) is 0 Å². The Morgan fingerprint density at radius 2 is 2.10 bits per heavy atom. The molecule has 0 aliphatic heterocycles. The highest BCUT2D eigenvalue weighted by molar-refractivity contribution is 5.76. The number of carbonyl (C=O) groups is 1. The van der Waals surface area contributed by atoms with Crippen molar-refractivity contribution in [1.82, 2.24) is 15.1 Å². The van der Waals surface area contributed by atoms with E-state index in [0.717, 1.165) is 12.1 Å². The molecule has 1 atom stereocenters. The van der Waals surface area contributed by atoms with E-state index in [4.69, 9.17) is 5.73 Å². The van der Waals surface area contributed by atoms with Crippen LogP contribution in [0.5, 0.6) is 0 Å².